The Morgan fingerprint density at radius 1 is 1.33 bits per heavy atom. The van der Waals surface area contributed by atoms with Crippen molar-refractivity contribution in [1.29, 1.82) is 0 Å². The van der Waals surface area contributed by atoms with Gasteiger partial charge >= 0.3 is 5.97 Å². The van der Waals surface area contributed by atoms with Crippen molar-refractivity contribution in [2.24, 2.45) is 0 Å². The quantitative estimate of drug-likeness (QED) is 0.626. The second-order valence-electron chi connectivity index (χ2n) is 4.67. The van der Waals surface area contributed by atoms with Gasteiger partial charge in [0, 0.05) is 23.7 Å². The van der Waals surface area contributed by atoms with Crippen molar-refractivity contribution in [3.8, 4) is 0 Å². The van der Waals surface area contributed by atoms with Crippen LogP contribution in [0.4, 0.5) is 0 Å². The van der Waals surface area contributed by atoms with E-state index in [-0.39, 0.29) is 5.97 Å². The number of hydrogen-bond acceptors (Lipinski definition) is 5. The molecule has 2 aromatic heterocycles. The molecule has 0 bridgehead atoms. The molecule has 0 saturated carbocycles. The lowest BCUT2D eigenvalue weighted by molar-refractivity contribution is -0.135. The van der Waals surface area contributed by atoms with Crippen molar-refractivity contribution < 1.29 is 9.53 Å². The number of hydrogen-bond donors (Lipinski definition) is 0. The number of thiophene rings is 1. The van der Waals surface area contributed by atoms with Crippen LogP contribution in [-0.2, 0) is 22.6 Å². The molecule has 0 unspecified atom stereocenters. The van der Waals surface area contributed by atoms with Gasteiger partial charge in [-0.15, -0.1) is 11.3 Å². The Morgan fingerprint density at radius 3 is 2.86 bits per heavy atom. The standard InChI is InChI=1S/C15H13ClN2O2S/c16-14-4-3-11(7-17-14)8-18(9-13-2-1-5-21-13)12-6-15(19)20-10-12/h1-7H,8-10H2. The molecule has 0 amide bonds. The van der Waals surface area contributed by atoms with Crippen LogP contribution in [0.2, 0.25) is 5.15 Å². The van der Waals surface area contributed by atoms with E-state index in [1.165, 1.54) is 4.88 Å². The number of nitrogens with zero attached hydrogens (tertiary/aromatic N) is 2. The Balaban J connectivity index is 1.79. The number of aromatic nitrogens is 1. The average molecular weight is 321 g/mol. The van der Waals surface area contributed by atoms with Crippen molar-refractivity contribution >= 4 is 28.9 Å². The molecular formula is C15H13ClN2O2S. The number of pyridine rings is 1. The maximum Gasteiger partial charge on any atom is 0.333 e. The zero-order valence-electron chi connectivity index (χ0n) is 11.2. The Kier molecular flexibility index (Phi) is 4.22. The van der Waals surface area contributed by atoms with Crippen molar-refractivity contribution in [1.82, 2.24) is 9.88 Å². The first-order chi connectivity index (χ1) is 10.2. The molecule has 0 atom stereocenters. The molecule has 3 rings (SSSR count). The van der Waals surface area contributed by atoms with Crippen molar-refractivity contribution in [3.05, 3.63) is 63.2 Å². The van der Waals surface area contributed by atoms with Crippen molar-refractivity contribution in [2.45, 2.75) is 13.1 Å². The Bertz CT molecular complexity index is 653. The third kappa shape index (κ3) is 3.62. The molecular weight excluding hydrogens is 308 g/mol. The molecule has 0 aliphatic carbocycles. The summed E-state index contributed by atoms with van der Waals surface area (Å²) >= 11 is 7.50. The van der Waals surface area contributed by atoms with Gasteiger partial charge in [0.05, 0.1) is 12.2 Å². The van der Waals surface area contributed by atoms with Gasteiger partial charge < -0.3 is 9.64 Å². The Labute approximate surface area is 131 Å². The van der Waals surface area contributed by atoms with Gasteiger partial charge in [-0.25, -0.2) is 9.78 Å². The molecule has 0 saturated heterocycles. The summed E-state index contributed by atoms with van der Waals surface area (Å²) in [4.78, 5) is 18.8. The largest absolute Gasteiger partial charge is 0.456 e. The number of rotatable bonds is 5. The molecule has 0 fully saturated rings. The minimum absolute atomic E-state index is 0.282. The lowest BCUT2D eigenvalue weighted by Gasteiger charge is -2.24. The van der Waals surface area contributed by atoms with Gasteiger partial charge in [-0.1, -0.05) is 23.7 Å². The monoisotopic (exact) mass is 320 g/mol. The smallest absolute Gasteiger partial charge is 0.333 e. The minimum atomic E-state index is -0.282. The fourth-order valence-corrected chi connectivity index (χ4v) is 2.95. The van der Waals surface area contributed by atoms with Crippen LogP contribution in [0.15, 0.2) is 47.6 Å². The van der Waals surface area contributed by atoms with E-state index in [1.807, 2.05) is 17.5 Å². The van der Waals surface area contributed by atoms with Gasteiger partial charge in [0.2, 0.25) is 0 Å². The lowest BCUT2D eigenvalue weighted by Crippen LogP contribution is -2.22. The molecule has 1 aliphatic rings. The van der Waals surface area contributed by atoms with E-state index in [1.54, 1.807) is 29.7 Å². The fraction of sp³-hybridized carbons (Fsp3) is 0.200. The second-order valence-corrected chi connectivity index (χ2v) is 6.09. The van der Waals surface area contributed by atoms with E-state index in [2.05, 4.69) is 16.0 Å². The summed E-state index contributed by atoms with van der Waals surface area (Å²) < 4.78 is 5.02. The first-order valence-electron chi connectivity index (χ1n) is 6.46. The summed E-state index contributed by atoms with van der Waals surface area (Å²) in [6.07, 6.45) is 3.30. The van der Waals surface area contributed by atoms with Crippen LogP contribution in [0, 0.1) is 0 Å². The van der Waals surface area contributed by atoms with E-state index in [0.717, 1.165) is 17.8 Å². The highest BCUT2D eigenvalue weighted by molar-refractivity contribution is 7.09. The van der Waals surface area contributed by atoms with Crippen LogP contribution >= 0.6 is 22.9 Å². The van der Waals surface area contributed by atoms with Gasteiger partial charge in [0.1, 0.15) is 11.8 Å². The van der Waals surface area contributed by atoms with E-state index in [9.17, 15) is 4.79 Å². The van der Waals surface area contributed by atoms with Gasteiger partial charge in [-0.2, -0.15) is 0 Å². The first-order valence-corrected chi connectivity index (χ1v) is 7.71. The van der Waals surface area contributed by atoms with Gasteiger partial charge in [0.25, 0.3) is 0 Å². The first kappa shape index (κ1) is 14.1. The Morgan fingerprint density at radius 2 is 2.24 bits per heavy atom. The maximum atomic E-state index is 11.3. The Hall–Kier alpha value is -1.85. The summed E-state index contributed by atoms with van der Waals surface area (Å²) in [5.74, 6) is -0.282. The van der Waals surface area contributed by atoms with Crippen LogP contribution in [0.1, 0.15) is 10.4 Å². The summed E-state index contributed by atoms with van der Waals surface area (Å²) in [5, 5.41) is 2.52. The van der Waals surface area contributed by atoms with Crippen molar-refractivity contribution in [3.63, 3.8) is 0 Å². The molecule has 108 valence electrons. The molecule has 0 N–H and O–H groups in total. The highest BCUT2D eigenvalue weighted by Gasteiger charge is 2.20. The highest BCUT2D eigenvalue weighted by Crippen LogP contribution is 2.21. The molecule has 0 aromatic carbocycles. The van der Waals surface area contributed by atoms with E-state index < -0.39 is 0 Å². The van der Waals surface area contributed by atoms with Crippen LogP contribution < -0.4 is 0 Å². The molecule has 3 heterocycles. The molecule has 0 radical (unpaired) electrons. The third-order valence-electron chi connectivity index (χ3n) is 3.14. The molecule has 21 heavy (non-hydrogen) atoms. The number of esters is 1. The van der Waals surface area contributed by atoms with E-state index in [4.69, 9.17) is 16.3 Å². The predicted octanol–water partition coefficient (Wildman–Crippen LogP) is 3.24. The summed E-state index contributed by atoms with van der Waals surface area (Å²) in [5.41, 5.74) is 1.93. The molecule has 6 heteroatoms. The number of carbonyl (C=O) groups is 1. The normalized spacial score (nSPS) is 14.0. The van der Waals surface area contributed by atoms with Crippen molar-refractivity contribution in [2.75, 3.05) is 6.61 Å². The van der Waals surface area contributed by atoms with Gasteiger partial charge in [0.15, 0.2) is 0 Å². The third-order valence-corrected chi connectivity index (χ3v) is 4.23. The highest BCUT2D eigenvalue weighted by atomic mass is 35.5. The number of cyclic esters (lactones) is 1. The topological polar surface area (TPSA) is 42.4 Å². The fourth-order valence-electron chi connectivity index (χ4n) is 2.12. The molecule has 1 aliphatic heterocycles. The lowest BCUT2D eigenvalue weighted by atomic mass is 10.2. The van der Waals surface area contributed by atoms with Crippen LogP contribution in [0.3, 0.4) is 0 Å². The van der Waals surface area contributed by atoms with Gasteiger partial charge in [-0.05, 0) is 23.1 Å². The zero-order valence-corrected chi connectivity index (χ0v) is 12.7. The van der Waals surface area contributed by atoms with Gasteiger partial charge in [-0.3, -0.25) is 0 Å². The van der Waals surface area contributed by atoms with E-state index in [0.29, 0.717) is 18.3 Å². The van der Waals surface area contributed by atoms with Crippen LogP contribution in [-0.4, -0.2) is 22.5 Å². The minimum Gasteiger partial charge on any atom is -0.456 e. The zero-order chi connectivity index (χ0) is 14.7. The van der Waals surface area contributed by atoms with E-state index >= 15 is 0 Å². The number of carbonyl (C=O) groups excluding carboxylic acids is 1. The average Bonchev–Trinajstić information content (AvgIpc) is 3.12. The second kappa shape index (κ2) is 6.28. The number of ether oxygens (including phenoxy) is 1. The molecule has 0 spiro atoms. The van der Waals surface area contributed by atoms with Crippen LogP contribution in [0.25, 0.3) is 0 Å². The SMILES string of the molecule is O=C1C=C(N(Cc2ccc(Cl)nc2)Cc2cccs2)CO1. The van der Waals surface area contributed by atoms with Crippen LogP contribution in [0.5, 0.6) is 0 Å². The summed E-state index contributed by atoms with van der Waals surface area (Å²) in [7, 11) is 0. The summed E-state index contributed by atoms with van der Waals surface area (Å²) in [6.45, 7) is 1.72. The summed E-state index contributed by atoms with van der Waals surface area (Å²) in [6, 6.07) is 7.81. The number of halogens is 1. The molecule has 4 nitrogen and oxygen atoms in total. The predicted molar refractivity (Wildman–Crippen MR) is 81.9 cm³/mol. The molecule has 2 aromatic rings. The maximum absolute atomic E-state index is 11.3.